The van der Waals surface area contributed by atoms with Crippen LogP contribution in [0.25, 0.3) is 0 Å². The molecule has 2 rings (SSSR count). The van der Waals surface area contributed by atoms with Gasteiger partial charge in [-0.1, -0.05) is 20.8 Å². The van der Waals surface area contributed by atoms with Crippen LogP contribution < -0.4 is 0 Å². The van der Waals surface area contributed by atoms with E-state index in [1.807, 2.05) is 6.92 Å². The average molecular weight is 226 g/mol. The van der Waals surface area contributed by atoms with E-state index < -0.39 is 0 Å². The Morgan fingerprint density at radius 3 is 2.69 bits per heavy atom. The Morgan fingerprint density at radius 1 is 1.44 bits per heavy atom. The minimum atomic E-state index is -0.297. The molecular weight excluding hydrogens is 204 g/mol. The highest BCUT2D eigenvalue weighted by Crippen LogP contribution is 2.55. The highest BCUT2D eigenvalue weighted by Gasteiger charge is 2.64. The molecule has 1 aliphatic carbocycles. The molecule has 0 aromatic heterocycles. The second kappa shape index (κ2) is 3.73. The van der Waals surface area contributed by atoms with E-state index in [0.717, 1.165) is 12.8 Å². The summed E-state index contributed by atoms with van der Waals surface area (Å²) in [5.74, 6) is 0.454. The van der Waals surface area contributed by atoms with Crippen molar-refractivity contribution in [3.8, 4) is 0 Å². The summed E-state index contributed by atoms with van der Waals surface area (Å²) in [4.78, 5) is 11.6. The van der Waals surface area contributed by atoms with Crippen LogP contribution in [0, 0.1) is 11.3 Å². The van der Waals surface area contributed by atoms with E-state index >= 15 is 0 Å². The van der Waals surface area contributed by atoms with Crippen molar-refractivity contribution >= 4 is 5.97 Å². The van der Waals surface area contributed by atoms with Gasteiger partial charge < -0.3 is 9.47 Å². The van der Waals surface area contributed by atoms with Crippen LogP contribution in [-0.2, 0) is 14.3 Å². The van der Waals surface area contributed by atoms with Crippen molar-refractivity contribution in [2.75, 3.05) is 6.61 Å². The summed E-state index contributed by atoms with van der Waals surface area (Å²) in [6, 6.07) is 0. The van der Waals surface area contributed by atoms with E-state index in [1.165, 1.54) is 6.42 Å². The van der Waals surface area contributed by atoms with Crippen LogP contribution in [0.5, 0.6) is 0 Å². The highest BCUT2D eigenvalue weighted by molar-refractivity contribution is 5.79. The van der Waals surface area contributed by atoms with Crippen LogP contribution in [-0.4, -0.2) is 24.3 Å². The van der Waals surface area contributed by atoms with E-state index in [9.17, 15) is 4.79 Å². The van der Waals surface area contributed by atoms with Gasteiger partial charge in [0, 0.05) is 0 Å². The Bertz CT molecular complexity index is 298. The molecule has 3 unspecified atom stereocenters. The standard InChI is InChI=1S/C13H22O3/c1-5-15-11(14)10-13(16-10)7-9(2)6-12(3,4)8-13/h9-10H,5-8H2,1-4H3. The molecule has 0 bridgehead atoms. The minimum absolute atomic E-state index is 0.174. The van der Waals surface area contributed by atoms with E-state index in [1.54, 1.807) is 0 Å². The van der Waals surface area contributed by atoms with Gasteiger partial charge in [0.25, 0.3) is 0 Å². The highest BCUT2D eigenvalue weighted by atomic mass is 16.7. The lowest BCUT2D eigenvalue weighted by Crippen LogP contribution is -2.36. The van der Waals surface area contributed by atoms with Gasteiger partial charge in [-0.3, -0.25) is 0 Å². The first-order valence-electron chi connectivity index (χ1n) is 6.23. The number of hydrogen-bond acceptors (Lipinski definition) is 3. The molecule has 3 heteroatoms. The molecule has 0 amide bonds. The topological polar surface area (TPSA) is 38.8 Å². The molecule has 1 aliphatic heterocycles. The summed E-state index contributed by atoms with van der Waals surface area (Å²) in [5, 5.41) is 0. The molecule has 1 spiro atoms. The third kappa shape index (κ3) is 2.10. The fourth-order valence-corrected chi connectivity index (χ4v) is 3.53. The molecule has 0 aromatic carbocycles. The van der Waals surface area contributed by atoms with Crippen molar-refractivity contribution in [2.45, 2.75) is 58.7 Å². The molecular formula is C13H22O3. The Balaban J connectivity index is 2.03. The molecule has 0 aromatic rings. The van der Waals surface area contributed by atoms with Crippen molar-refractivity contribution in [1.29, 1.82) is 0 Å². The summed E-state index contributed by atoms with van der Waals surface area (Å²) in [6.07, 6.45) is 2.90. The van der Waals surface area contributed by atoms with Crippen LogP contribution >= 0.6 is 0 Å². The fourth-order valence-electron chi connectivity index (χ4n) is 3.53. The van der Waals surface area contributed by atoms with Crippen molar-refractivity contribution in [3.63, 3.8) is 0 Å². The van der Waals surface area contributed by atoms with Gasteiger partial charge in [-0.25, -0.2) is 4.79 Å². The lowest BCUT2D eigenvalue weighted by Gasteiger charge is -2.37. The molecule has 0 radical (unpaired) electrons. The van der Waals surface area contributed by atoms with Gasteiger partial charge in [0.1, 0.15) is 5.60 Å². The zero-order valence-electron chi connectivity index (χ0n) is 10.7. The van der Waals surface area contributed by atoms with E-state index in [4.69, 9.17) is 9.47 Å². The Labute approximate surface area is 97.5 Å². The average Bonchev–Trinajstić information content (AvgIpc) is 2.74. The van der Waals surface area contributed by atoms with Gasteiger partial charge in [0.2, 0.25) is 0 Å². The summed E-state index contributed by atoms with van der Waals surface area (Å²) in [6.45, 7) is 9.03. The quantitative estimate of drug-likeness (QED) is 0.536. The number of hydrogen-bond donors (Lipinski definition) is 0. The molecule has 16 heavy (non-hydrogen) atoms. The monoisotopic (exact) mass is 226 g/mol. The van der Waals surface area contributed by atoms with Crippen LogP contribution in [0.2, 0.25) is 0 Å². The number of esters is 1. The van der Waals surface area contributed by atoms with Gasteiger partial charge in [-0.2, -0.15) is 0 Å². The summed E-state index contributed by atoms with van der Waals surface area (Å²) in [5.41, 5.74) is 0.0757. The zero-order chi connectivity index (χ0) is 12.0. The third-order valence-electron chi connectivity index (χ3n) is 3.65. The van der Waals surface area contributed by atoms with Gasteiger partial charge in [-0.05, 0) is 37.5 Å². The number of carbonyl (C=O) groups excluding carboxylic acids is 1. The molecule has 3 nitrogen and oxygen atoms in total. The maximum atomic E-state index is 11.6. The molecule has 2 fully saturated rings. The normalized spacial score (nSPS) is 40.8. The molecule has 1 saturated carbocycles. The Morgan fingerprint density at radius 2 is 2.12 bits per heavy atom. The molecule has 92 valence electrons. The van der Waals surface area contributed by atoms with Crippen molar-refractivity contribution in [3.05, 3.63) is 0 Å². The summed E-state index contributed by atoms with van der Waals surface area (Å²) < 4.78 is 10.7. The fraction of sp³-hybridized carbons (Fsp3) is 0.923. The number of carbonyl (C=O) groups is 1. The zero-order valence-corrected chi connectivity index (χ0v) is 10.7. The van der Waals surface area contributed by atoms with E-state index in [-0.39, 0.29) is 23.1 Å². The summed E-state index contributed by atoms with van der Waals surface area (Å²) in [7, 11) is 0. The van der Waals surface area contributed by atoms with Crippen LogP contribution in [0.15, 0.2) is 0 Å². The van der Waals surface area contributed by atoms with Crippen LogP contribution in [0.4, 0.5) is 0 Å². The molecule has 0 N–H and O–H groups in total. The minimum Gasteiger partial charge on any atom is -0.464 e. The predicted octanol–water partition coefficient (Wildman–Crippen LogP) is 2.53. The SMILES string of the molecule is CCOC(=O)C1OC12CC(C)CC(C)(C)C2. The second-order valence-corrected chi connectivity index (χ2v) is 6.17. The maximum absolute atomic E-state index is 11.6. The Hall–Kier alpha value is -0.570. The van der Waals surface area contributed by atoms with Crippen molar-refractivity contribution < 1.29 is 14.3 Å². The number of rotatable bonds is 2. The first kappa shape index (κ1) is 11.9. The first-order valence-corrected chi connectivity index (χ1v) is 6.23. The van der Waals surface area contributed by atoms with Gasteiger partial charge in [0.15, 0.2) is 6.10 Å². The second-order valence-electron chi connectivity index (χ2n) is 6.17. The molecule has 1 saturated heterocycles. The molecule has 2 aliphatic rings. The van der Waals surface area contributed by atoms with Crippen LogP contribution in [0.1, 0.15) is 47.0 Å². The third-order valence-corrected chi connectivity index (χ3v) is 3.65. The van der Waals surface area contributed by atoms with Gasteiger partial charge in [0.05, 0.1) is 6.61 Å². The molecule has 1 heterocycles. The predicted molar refractivity (Wildman–Crippen MR) is 61.0 cm³/mol. The lowest BCUT2D eigenvalue weighted by molar-refractivity contribution is -0.144. The lowest BCUT2D eigenvalue weighted by atomic mass is 9.67. The van der Waals surface area contributed by atoms with Crippen LogP contribution in [0.3, 0.4) is 0 Å². The summed E-state index contributed by atoms with van der Waals surface area (Å²) >= 11 is 0. The number of epoxide rings is 1. The smallest absolute Gasteiger partial charge is 0.338 e. The van der Waals surface area contributed by atoms with E-state index in [2.05, 4.69) is 20.8 Å². The maximum Gasteiger partial charge on any atom is 0.338 e. The van der Waals surface area contributed by atoms with Crippen molar-refractivity contribution in [1.82, 2.24) is 0 Å². The van der Waals surface area contributed by atoms with Gasteiger partial charge >= 0.3 is 5.97 Å². The Kier molecular flexibility index (Phi) is 2.77. The van der Waals surface area contributed by atoms with Crippen molar-refractivity contribution in [2.24, 2.45) is 11.3 Å². The number of ether oxygens (including phenoxy) is 2. The van der Waals surface area contributed by atoms with Gasteiger partial charge in [-0.15, -0.1) is 0 Å². The molecule has 3 atom stereocenters. The first-order chi connectivity index (χ1) is 7.38. The van der Waals surface area contributed by atoms with E-state index in [0.29, 0.717) is 12.5 Å². The largest absolute Gasteiger partial charge is 0.464 e.